The van der Waals surface area contributed by atoms with Gasteiger partial charge in [0.25, 0.3) is 0 Å². The largest absolute Gasteiger partial charge is 0.481 e. The van der Waals surface area contributed by atoms with Crippen LogP contribution in [0.25, 0.3) is 0 Å². The van der Waals surface area contributed by atoms with Gasteiger partial charge in [0, 0.05) is 25.7 Å². The Morgan fingerprint density at radius 2 is 2.00 bits per heavy atom. The van der Waals surface area contributed by atoms with Crippen LogP contribution in [-0.4, -0.2) is 54.6 Å². The Hall–Kier alpha value is -2.60. The summed E-state index contributed by atoms with van der Waals surface area (Å²) in [6, 6.07) is 13.6. The number of ether oxygens (including phenoxy) is 1. The lowest BCUT2D eigenvalue weighted by atomic mass is 10.0. The van der Waals surface area contributed by atoms with E-state index in [2.05, 4.69) is 34.4 Å². The van der Waals surface area contributed by atoms with Crippen LogP contribution in [0.2, 0.25) is 0 Å². The summed E-state index contributed by atoms with van der Waals surface area (Å²) in [6.07, 6.45) is 1.60. The number of likely N-dealkylation sites (N-methyl/N-ethyl adjacent to an activating group) is 1. The number of aromatic nitrogens is 1. The number of pyridine rings is 1. The first kappa shape index (κ1) is 16.3. The molecular formula is C18H22N4O2. The zero-order valence-corrected chi connectivity index (χ0v) is 14.0. The van der Waals surface area contributed by atoms with Gasteiger partial charge in [0.1, 0.15) is 0 Å². The van der Waals surface area contributed by atoms with Gasteiger partial charge < -0.3 is 19.9 Å². The highest BCUT2D eigenvalue weighted by molar-refractivity contribution is 5.89. The van der Waals surface area contributed by atoms with Crippen LogP contribution in [0.15, 0.2) is 48.7 Å². The highest BCUT2D eigenvalue weighted by atomic mass is 16.5. The number of carbonyl (C=O) groups is 1. The van der Waals surface area contributed by atoms with Crippen molar-refractivity contribution in [2.75, 3.05) is 39.1 Å². The number of hydrogen-bond acceptors (Lipinski definition) is 4. The molecule has 1 aliphatic heterocycles. The first-order chi connectivity index (χ1) is 11.7. The molecule has 0 unspecified atom stereocenters. The molecule has 1 fully saturated rings. The molecule has 2 amide bonds. The van der Waals surface area contributed by atoms with Gasteiger partial charge in [-0.2, -0.15) is 0 Å². The number of hydrogen-bond donors (Lipinski definition) is 1. The molecule has 6 nitrogen and oxygen atoms in total. The minimum Gasteiger partial charge on any atom is -0.481 e. The maximum absolute atomic E-state index is 12.7. The maximum atomic E-state index is 12.7. The average Bonchev–Trinajstić information content (AvgIpc) is 2.63. The Morgan fingerprint density at radius 1 is 1.21 bits per heavy atom. The summed E-state index contributed by atoms with van der Waals surface area (Å²) in [4.78, 5) is 21.0. The Kier molecular flexibility index (Phi) is 4.96. The minimum atomic E-state index is -0.107. The fraction of sp³-hybridized carbons (Fsp3) is 0.333. The number of nitrogens with one attached hydrogen (secondary N) is 1. The van der Waals surface area contributed by atoms with E-state index in [1.165, 1.54) is 0 Å². The van der Waals surface area contributed by atoms with Crippen LogP contribution in [0, 0.1) is 0 Å². The van der Waals surface area contributed by atoms with E-state index in [0.29, 0.717) is 18.1 Å². The third-order valence-electron chi connectivity index (χ3n) is 4.23. The normalized spacial score (nSPS) is 18.2. The molecule has 0 spiro atoms. The summed E-state index contributed by atoms with van der Waals surface area (Å²) in [6.45, 7) is 2.36. The lowest BCUT2D eigenvalue weighted by Gasteiger charge is -2.40. The Labute approximate surface area is 142 Å². The molecule has 1 aromatic heterocycles. The second-order valence-corrected chi connectivity index (χ2v) is 5.90. The third kappa shape index (κ3) is 3.65. The van der Waals surface area contributed by atoms with Crippen molar-refractivity contribution >= 4 is 11.7 Å². The molecule has 24 heavy (non-hydrogen) atoms. The molecule has 0 aliphatic carbocycles. The first-order valence-corrected chi connectivity index (χ1v) is 7.98. The predicted octanol–water partition coefficient (Wildman–Crippen LogP) is 2.61. The van der Waals surface area contributed by atoms with Crippen LogP contribution in [0.1, 0.15) is 11.6 Å². The highest BCUT2D eigenvalue weighted by Crippen LogP contribution is 2.25. The van der Waals surface area contributed by atoms with Gasteiger partial charge in [0.05, 0.1) is 25.0 Å². The SMILES string of the molecule is COc1ccc(NC(=O)N2CCN(C)C[C@@H]2c2ccccc2)cn1. The second-order valence-electron chi connectivity index (χ2n) is 5.90. The molecule has 3 rings (SSSR count). The summed E-state index contributed by atoms with van der Waals surface area (Å²) in [5.74, 6) is 0.523. The quantitative estimate of drug-likeness (QED) is 0.942. The van der Waals surface area contributed by atoms with Gasteiger partial charge in [-0.15, -0.1) is 0 Å². The molecule has 2 aromatic rings. The van der Waals surface area contributed by atoms with E-state index in [4.69, 9.17) is 4.74 Å². The fourth-order valence-corrected chi connectivity index (χ4v) is 2.89. The second kappa shape index (κ2) is 7.31. The summed E-state index contributed by atoms with van der Waals surface area (Å²) in [5.41, 5.74) is 1.80. The summed E-state index contributed by atoms with van der Waals surface area (Å²) >= 11 is 0. The van der Waals surface area contributed by atoms with Crippen molar-refractivity contribution in [3.63, 3.8) is 0 Å². The minimum absolute atomic E-state index is 0.0381. The van der Waals surface area contributed by atoms with Crippen molar-refractivity contribution in [2.45, 2.75) is 6.04 Å². The van der Waals surface area contributed by atoms with E-state index in [9.17, 15) is 4.79 Å². The molecule has 0 radical (unpaired) electrons. The highest BCUT2D eigenvalue weighted by Gasteiger charge is 2.30. The molecule has 0 bridgehead atoms. The number of amides is 2. The van der Waals surface area contributed by atoms with E-state index in [0.717, 1.165) is 18.7 Å². The van der Waals surface area contributed by atoms with Gasteiger partial charge in [0.15, 0.2) is 0 Å². The Bertz CT molecular complexity index is 675. The Balaban J connectivity index is 1.75. The first-order valence-electron chi connectivity index (χ1n) is 7.98. The fourth-order valence-electron chi connectivity index (χ4n) is 2.89. The number of carbonyl (C=O) groups excluding carboxylic acids is 1. The predicted molar refractivity (Wildman–Crippen MR) is 93.2 cm³/mol. The topological polar surface area (TPSA) is 57.7 Å². The molecule has 2 heterocycles. The van der Waals surface area contributed by atoms with Crippen molar-refractivity contribution in [3.8, 4) is 5.88 Å². The van der Waals surface area contributed by atoms with E-state index < -0.39 is 0 Å². The average molecular weight is 326 g/mol. The number of urea groups is 1. The summed E-state index contributed by atoms with van der Waals surface area (Å²) < 4.78 is 5.04. The van der Waals surface area contributed by atoms with Gasteiger partial charge in [-0.1, -0.05) is 30.3 Å². The number of anilines is 1. The van der Waals surface area contributed by atoms with Crippen LogP contribution < -0.4 is 10.1 Å². The lowest BCUT2D eigenvalue weighted by Crippen LogP contribution is -2.50. The van der Waals surface area contributed by atoms with E-state index in [-0.39, 0.29) is 12.1 Å². The van der Waals surface area contributed by atoms with Gasteiger partial charge in [-0.3, -0.25) is 0 Å². The number of rotatable bonds is 3. The summed E-state index contributed by atoms with van der Waals surface area (Å²) in [7, 11) is 3.65. The number of nitrogens with zero attached hydrogens (tertiary/aromatic N) is 3. The number of methoxy groups -OCH3 is 1. The number of piperazine rings is 1. The lowest BCUT2D eigenvalue weighted by molar-refractivity contribution is 0.116. The van der Waals surface area contributed by atoms with Crippen molar-refractivity contribution in [1.82, 2.24) is 14.8 Å². The molecule has 126 valence electrons. The smallest absolute Gasteiger partial charge is 0.322 e. The van der Waals surface area contributed by atoms with Crippen molar-refractivity contribution in [2.24, 2.45) is 0 Å². The van der Waals surface area contributed by atoms with Crippen LogP contribution in [0.3, 0.4) is 0 Å². The van der Waals surface area contributed by atoms with Crippen LogP contribution >= 0.6 is 0 Å². The van der Waals surface area contributed by atoms with Crippen molar-refractivity contribution in [3.05, 3.63) is 54.2 Å². The van der Waals surface area contributed by atoms with Gasteiger partial charge in [-0.25, -0.2) is 9.78 Å². The Morgan fingerprint density at radius 3 is 2.67 bits per heavy atom. The maximum Gasteiger partial charge on any atom is 0.322 e. The van der Waals surface area contributed by atoms with Crippen LogP contribution in [0.5, 0.6) is 5.88 Å². The zero-order valence-electron chi connectivity index (χ0n) is 14.0. The molecule has 1 atom stereocenters. The van der Waals surface area contributed by atoms with E-state index in [1.807, 2.05) is 23.1 Å². The third-order valence-corrected chi connectivity index (χ3v) is 4.23. The van der Waals surface area contributed by atoms with Gasteiger partial charge >= 0.3 is 6.03 Å². The molecule has 1 saturated heterocycles. The number of benzene rings is 1. The zero-order chi connectivity index (χ0) is 16.9. The molecular weight excluding hydrogens is 304 g/mol. The van der Waals surface area contributed by atoms with Crippen molar-refractivity contribution in [1.29, 1.82) is 0 Å². The molecule has 1 N–H and O–H groups in total. The standard InChI is InChI=1S/C18H22N4O2/c1-21-10-11-22(16(13-21)14-6-4-3-5-7-14)18(23)20-15-8-9-17(24-2)19-12-15/h3-9,12,16H,10-11,13H2,1-2H3,(H,20,23)/t16-/m1/s1. The molecule has 0 saturated carbocycles. The molecule has 6 heteroatoms. The van der Waals surface area contributed by atoms with E-state index in [1.54, 1.807) is 25.4 Å². The van der Waals surface area contributed by atoms with Crippen LogP contribution in [-0.2, 0) is 0 Å². The van der Waals surface area contributed by atoms with Crippen molar-refractivity contribution < 1.29 is 9.53 Å². The van der Waals surface area contributed by atoms with Gasteiger partial charge in [0.2, 0.25) is 5.88 Å². The van der Waals surface area contributed by atoms with Crippen LogP contribution in [0.4, 0.5) is 10.5 Å². The molecule has 1 aromatic carbocycles. The molecule has 1 aliphatic rings. The monoisotopic (exact) mass is 326 g/mol. The van der Waals surface area contributed by atoms with E-state index >= 15 is 0 Å². The summed E-state index contributed by atoms with van der Waals surface area (Å²) in [5, 5.41) is 2.93. The van der Waals surface area contributed by atoms with Gasteiger partial charge in [-0.05, 0) is 18.7 Å².